The molecule has 0 atom stereocenters. The van der Waals surface area contributed by atoms with E-state index in [0.717, 1.165) is 22.2 Å². The van der Waals surface area contributed by atoms with Gasteiger partial charge in [-0.1, -0.05) is 0 Å². The van der Waals surface area contributed by atoms with Crippen molar-refractivity contribution >= 4 is 23.7 Å². The monoisotopic (exact) mass is 213 g/mol. The van der Waals surface area contributed by atoms with E-state index < -0.39 is 0 Å². The summed E-state index contributed by atoms with van der Waals surface area (Å²) in [7, 11) is 4.64. The summed E-state index contributed by atoms with van der Waals surface area (Å²) in [6.07, 6.45) is 0. The Bertz CT molecular complexity index is 525. The SMILES string of the molecule is COB=Nc1cc(OC)c2ccccc2c1. The van der Waals surface area contributed by atoms with Gasteiger partial charge >= 0.3 is 94.4 Å². The number of benzene rings is 2. The maximum atomic E-state index is 5.33. The second-order valence-corrected chi connectivity index (χ2v) is 3.34. The molecular weight excluding hydrogens is 201 g/mol. The van der Waals surface area contributed by atoms with Crippen molar-refractivity contribution in [2.75, 3.05) is 14.2 Å². The number of ether oxygens (including phenoxy) is 1. The number of nitrogens with zero attached hydrogens (tertiary/aromatic N) is 1. The molecule has 16 heavy (non-hydrogen) atoms. The molecule has 0 fully saturated rings. The molecule has 4 heteroatoms. The average Bonchev–Trinajstić information content (AvgIpc) is 2.35. The van der Waals surface area contributed by atoms with Crippen LogP contribution in [-0.2, 0) is 4.65 Å². The maximum absolute atomic E-state index is 5.33. The summed E-state index contributed by atoms with van der Waals surface area (Å²) in [5.74, 6) is 0.821. The van der Waals surface area contributed by atoms with E-state index in [1.807, 2.05) is 36.4 Å². The van der Waals surface area contributed by atoms with Crippen LogP contribution in [0.15, 0.2) is 41.3 Å². The first kappa shape index (κ1) is 10.7. The molecule has 0 aliphatic carbocycles. The molecule has 0 aromatic heterocycles. The van der Waals surface area contributed by atoms with Crippen LogP contribution >= 0.6 is 0 Å². The van der Waals surface area contributed by atoms with Crippen LogP contribution in [0.4, 0.5) is 5.69 Å². The topological polar surface area (TPSA) is 30.8 Å². The van der Waals surface area contributed by atoms with Crippen LogP contribution in [0.2, 0.25) is 0 Å². The molecule has 0 heterocycles. The fourth-order valence-electron chi connectivity index (χ4n) is 1.62. The quantitative estimate of drug-likeness (QED) is 0.733. The molecule has 0 unspecified atom stereocenters. The van der Waals surface area contributed by atoms with Crippen molar-refractivity contribution in [3.63, 3.8) is 0 Å². The van der Waals surface area contributed by atoms with Gasteiger partial charge in [0.15, 0.2) is 0 Å². The predicted molar refractivity (Wildman–Crippen MR) is 65.4 cm³/mol. The van der Waals surface area contributed by atoms with Crippen molar-refractivity contribution in [3.8, 4) is 5.75 Å². The van der Waals surface area contributed by atoms with Crippen LogP contribution in [0.5, 0.6) is 5.75 Å². The third kappa shape index (κ3) is 2.05. The Morgan fingerprint density at radius 2 is 1.94 bits per heavy atom. The van der Waals surface area contributed by atoms with Gasteiger partial charge < -0.3 is 0 Å². The van der Waals surface area contributed by atoms with Crippen molar-refractivity contribution in [2.24, 2.45) is 4.90 Å². The van der Waals surface area contributed by atoms with E-state index in [2.05, 4.69) is 4.90 Å². The Morgan fingerprint density at radius 1 is 1.12 bits per heavy atom. The van der Waals surface area contributed by atoms with E-state index in [1.165, 1.54) is 7.27 Å². The first-order chi connectivity index (χ1) is 7.85. The molecule has 2 aromatic carbocycles. The van der Waals surface area contributed by atoms with Gasteiger partial charge in [-0.15, -0.1) is 0 Å². The molecule has 0 saturated heterocycles. The average molecular weight is 213 g/mol. The molecule has 80 valence electrons. The summed E-state index contributed by atoms with van der Waals surface area (Å²) < 4.78 is 10.1. The molecule has 0 spiro atoms. The fourth-order valence-corrected chi connectivity index (χ4v) is 1.62. The first-order valence-corrected chi connectivity index (χ1v) is 4.97. The molecule has 0 bridgehead atoms. The van der Waals surface area contributed by atoms with Gasteiger partial charge in [0.05, 0.1) is 0 Å². The summed E-state index contributed by atoms with van der Waals surface area (Å²) in [4.78, 5) is 4.16. The first-order valence-electron chi connectivity index (χ1n) is 4.97. The standard InChI is InChI=1S/C12H12BNO2/c1-15-12-8-10(14-13-16-2)7-9-5-3-4-6-11(9)12/h3-8H,1-2H3. The Morgan fingerprint density at radius 3 is 2.69 bits per heavy atom. The van der Waals surface area contributed by atoms with Crippen molar-refractivity contribution in [1.82, 2.24) is 0 Å². The van der Waals surface area contributed by atoms with Crippen LogP contribution in [0, 0.1) is 0 Å². The number of rotatable bonds is 3. The summed E-state index contributed by atoms with van der Waals surface area (Å²) in [6.45, 7) is 0. The predicted octanol–water partition coefficient (Wildman–Crippen LogP) is 2.93. The second kappa shape index (κ2) is 4.79. The van der Waals surface area contributed by atoms with Crippen LogP contribution in [-0.4, -0.2) is 21.5 Å². The third-order valence-corrected chi connectivity index (χ3v) is 2.34. The van der Waals surface area contributed by atoms with Gasteiger partial charge in [0.25, 0.3) is 0 Å². The Labute approximate surface area is 95.0 Å². The van der Waals surface area contributed by atoms with Crippen molar-refractivity contribution in [1.29, 1.82) is 0 Å². The zero-order valence-corrected chi connectivity index (χ0v) is 9.31. The fraction of sp³-hybridized carbons (Fsp3) is 0.167. The second-order valence-electron chi connectivity index (χ2n) is 3.34. The summed E-state index contributed by atoms with van der Waals surface area (Å²) >= 11 is 0. The Kier molecular flexibility index (Phi) is 3.20. The van der Waals surface area contributed by atoms with Gasteiger partial charge in [-0.05, 0) is 0 Å². The van der Waals surface area contributed by atoms with E-state index in [4.69, 9.17) is 9.39 Å². The van der Waals surface area contributed by atoms with Gasteiger partial charge in [-0.3, -0.25) is 0 Å². The van der Waals surface area contributed by atoms with Crippen LogP contribution in [0.25, 0.3) is 10.8 Å². The van der Waals surface area contributed by atoms with Gasteiger partial charge in [0, 0.05) is 0 Å². The molecule has 2 rings (SSSR count). The summed E-state index contributed by atoms with van der Waals surface area (Å²) in [5.41, 5.74) is 0.817. The van der Waals surface area contributed by atoms with Gasteiger partial charge in [-0.25, -0.2) is 0 Å². The minimum atomic E-state index is 0.817. The molecule has 0 N–H and O–H groups in total. The Balaban J connectivity index is 2.58. The van der Waals surface area contributed by atoms with E-state index in [9.17, 15) is 0 Å². The van der Waals surface area contributed by atoms with E-state index in [0.29, 0.717) is 0 Å². The zero-order valence-electron chi connectivity index (χ0n) is 9.31. The van der Waals surface area contributed by atoms with Crippen molar-refractivity contribution < 1.29 is 9.39 Å². The van der Waals surface area contributed by atoms with Crippen LogP contribution < -0.4 is 4.74 Å². The van der Waals surface area contributed by atoms with Gasteiger partial charge in [0.1, 0.15) is 0 Å². The van der Waals surface area contributed by atoms with Gasteiger partial charge in [0.2, 0.25) is 0 Å². The normalized spacial score (nSPS) is 10.4. The molecule has 2 aromatic rings. The molecular formula is C12H12BNO2. The number of fused-ring (bicyclic) bond motifs is 1. The molecule has 0 amide bonds. The summed E-state index contributed by atoms with van der Waals surface area (Å²) in [5, 5.41) is 2.19. The van der Waals surface area contributed by atoms with Crippen molar-refractivity contribution in [2.45, 2.75) is 0 Å². The zero-order chi connectivity index (χ0) is 11.4. The number of hydrogen-bond acceptors (Lipinski definition) is 3. The van der Waals surface area contributed by atoms with Crippen molar-refractivity contribution in [3.05, 3.63) is 36.4 Å². The number of hydrogen-bond donors (Lipinski definition) is 0. The van der Waals surface area contributed by atoms with Gasteiger partial charge in [-0.2, -0.15) is 0 Å². The van der Waals surface area contributed by atoms with Crippen LogP contribution in [0.1, 0.15) is 0 Å². The van der Waals surface area contributed by atoms with Crippen LogP contribution in [0.3, 0.4) is 0 Å². The van der Waals surface area contributed by atoms with E-state index in [-0.39, 0.29) is 0 Å². The molecule has 0 radical (unpaired) electrons. The number of methoxy groups -OCH3 is 1. The van der Waals surface area contributed by atoms with E-state index in [1.54, 1.807) is 14.2 Å². The Hall–Kier alpha value is -1.84. The molecule has 3 nitrogen and oxygen atoms in total. The summed E-state index contributed by atoms with van der Waals surface area (Å²) in [6, 6.07) is 11.9. The van der Waals surface area contributed by atoms with E-state index >= 15 is 0 Å². The minimum absolute atomic E-state index is 0.817. The molecule has 0 saturated carbocycles. The molecule has 0 aliphatic heterocycles. The molecule has 0 aliphatic rings. The third-order valence-electron chi connectivity index (χ3n) is 2.34.